The van der Waals surface area contributed by atoms with E-state index in [0.29, 0.717) is 0 Å². The zero-order valence-corrected chi connectivity index (χ0v) is 11.1. The van der Waals surface area contributed by atoms with Crippen molar-refractivity contribution in [3.8, 4) is 0 Å². The van der Waals surface area contributed by atoms with Gasteiger partial charge in [-0.2, -0.15) is 0 Å². The summed E-state index contributed by atoms with van der Waals surface area (Å²) in [6, 6.07) is 0. The molecule has 0 atom stereocenters. The molecule has 0 saturated heterocycles. The summed E-state index contributed by atoms with van der Waals surface area (Å²) in [4.78, 5) is 0. The second-order valence-corrected chi connectivity index (χ2v) is 4.71. The van der Waals surface area contributed by atoms with Crippen LogP contribution in [0.2, 0.25) is 0 Å². The van der Waals surface area contributed by atoms with Gasteiger partial charge in [-0.05, 0) is 6.42 Å². The fourth-order valence-electron chi connectivity index (χ4n) is 1.26. The first kappa shape index (κ1) is 13.3. The Balaban J connectivity index is 0.00000144. The summed E-state index contributed by atoms with van der Waals surface area (Å²) >= 11 is -0.554. The van der Waals surface area contributed by atoms with Gasteiger partial charge in [-0.1, -0.05) is 13.3 Å². The Morgan fingerprint density at radius 3 is 2.69 bits per heavy atom. The largest absolute Gasteiger partial charge is 1.00 e. The molecule has 0 radical (unpaired) electrons. The number of aryl methyl sites for hydroxylation is 2. The molecule has 0 aromatic carbocycles. The van der Waals surface area contributed by atoms with E-state index in [-0.39, 0.29) is 12.4 Å². The van der Waals surface area contributed by atoms with Crippen molar-refractivity contribution in [2.45, 2.75) is 26.3 Å². The lowest BCUT2D eigenvalue weighted by Crippen LogP contribution is -3.00. The fraction of sp³-hybridized carbons (Fsp3) is 0.625. The van der Waals surface area contributed by atoms with Crippen molar-refractivity contribution < 1.29 is 12.4 Å². The average Bonchev–Trinajstić information content (AvgIpc) is 2.43. The normalized spacial score (nSPS) is 9.46. The molecule has 0 aliphatic heterocycles. The van der Waals surface area contributed by atoms with E-state index in [1.807, 2.05) is 0 Å². The van der Waals surface area contributed by atoms with Gasteiger partial charge in [0.25, 0.3) is 0 Å². The van der Waals surface area contributed by atoms with Crippen LogP contribution in [0, 0.1) is 0 Å². The fourth-order valence-corrected chi connectivity index (χ4v) is 3.00. The average molecular weight is 237 g/mol. The van der Waals surface area contributed by atoms with E-state index in [1.165, 1.54) is 17.5 Å². The smallest absolute Gasteiger partial charge is 0.556 e. The van der Waals surface area contributed by atoms with Crippen LogP contribution < -0.4 is 17.1 Å². The molecule has 1 aromatic rings. The first-order chi connectivity index (χ1) is 5.79. The Morgan fingerprint density at radius 2 is 2.15 bits per heavy atom. The first-order valence-electron chi connectivity index (χ1n) is 4.39. The molecule has 13 heavy (non-hydrogen) atoms. The Kier molecular flexibility index (Phi) is 6.90. The molecular formula is C8H15AlCl2N2. The third kappa shape index (κ3) is 3.52. The monoisotopic (exact) mass is 236 g/mol. The number of hydrogen-bond acceptors (Lipinski definition) is 0. The Labute approximate surface area is 96.2 Å². The summed E-state index contributed by atoms with van der Waals surface area (Å²) in [5.74, 6) is 0. The van der Waals surface area contributed by atoms with Crippen molar-refractivity contribution in [3.05, 3.63) is 12.4 Å². The van der Waals surface area contributed by atoms with Gasteiger partial charge in [0.1, 0.15) is 4.69 Å². The van der Waals surface area contributed by atoms with E-state index in [0.717, 1.165) is 6.54 Å². The highest BCUT2D eigenvalue weighted by Crippen LogP contribution is 1.94. The highest BCUT2D eigenvalue weighted by molar-refractivity contribution is 7.00. The van der Waals surface area contributed by atoms with Crippen LogP contribution in [0.5, 0.6) is 0 Å². The summed E-state index contributed by atoms with van der Waals surface area (Å²) < 4.78 is 5.74. The van der Waals surface area contributed by atoms with Gasteiger partial charge < -0.3 is 12.4 Å². The molecule has 0 aliphatic carbocycles. The number of aromatic nitrogens is 2. The van der Waals surface area contributed by atoms with Crippen LogP contribution in [0.25, 0.3) is 0 Å². The van der Waals surface area contributed by atoms with E-state index in [1.54, 1.807) is 0 Å². The van der Waals surface area contributed by atoms with Crippen molar-refractivity contribution in [2.75, 3.05) is 0 Å². The lowest BCUT2D eigenvalue weighted by atomic mass is 10.3. The molecule has 0 fully saturated rings. The Morgan fingerprint density at radius 1 is 1.46 bits per heavy atom. The lowest BCUT2D eigenvalue weighted by molar-refractivity contribution is -0.00000251. The van der Waals surface area contributed by atoms with E-state index in [9.17, 15) is 0 Å². The highest BCUT2D eigenvalue weighted by Gasteiger charge is 2.12. The van der Waals surface area contributed by atoms with Crippen LogP contribution in [0.15, 0.2) is 12.4 Å². The quantitative estimate of drug-likeness (QED) is 0.429. The molecule has 1 aromatic heterocycles. The summed E-state index contributed by atoms with van der Waals surface area (Å²) in [6.45, 7) is 3.33. The second kappa shape index (κ2) is 6.73. The van der Waals surface area contributed by atoms with Crippen LogP contribution in [0.4, 0.5) is 0 Å². The molecule has 2 nitrogen and oxygen atoms in total. The predicted octanol–water partition coefficient (Wildman–Crippen LogP) is -1.87. The summed E-state index contributed by atoms with van der Waals surface area (Å²) in [7, 11) is 8.02. The van der Waals surface area contributed by atoms with Crippen LogP contribution in [-0.4, -0.2) is 23.4 Å². The number of halogens is 2. The van der Waals surface area contributed by atoms with E-state index in [2.05, 4.69) is 35.5 Å². The molecule has 1 heterocycles. The van der Waals surface area contributed by atoms with Crippen LogP contribution in [0.1, 0.15) is 19.8 Å². The third-order valence-electron chi connectivity index (χ3n) is 2.08. The maximum Gasteiger partial charge on any atom is 0.556 e. The number of unbranched alkanes of at least 4 members (excludes halogenated alkanes) is 1. The van der Waals surface area contributed by atoms with Crippen LogP contribution in [-0.2, 0) is 13.6 Å². The van der Waals surface area contributed by atoms with Crippen molar-refractivity contribution in [2.24, 2.45) is 7.05 Å². The minimum atomic E-state index is -0.554. The van der Waals surface area contributed by atoms with Gasteiger partial charge in [0.15, 0.2) is 12.4 Å². The van der Waals surface area contributed by atoms with Crippen LogP contribution in [0.3, 0.4) is 0 Å². The summed E-state index contributed by atoms with van der Waals surface area (Å²) in [5, 5.41) is 0. The molecule has 0 aliphatic rings. The molecule has 0 spiro atoms. The van der Waals surface area contributed by atoms with Gasteiger partial charge in [0.05, 0.1) is 6.54 Å². The minimum Gasteiger partial charge on any atom is -1.00 e. The number of rotatable bonds is 4. The van der Waals surface area contributed by atoms with Gasteiger partial charge >= 0.3 is 14.3 Å². The van der Waals surface area contributed by atoms with Gasteiger partial charge in [-0.3, -0.25) is 0 Å². The zero-order valence-electron chi connectivity index (χ0n) is 8.13. The molecule has 0 amide bonds. The van der Waals surface area contributed by atoms with Gasteiger partial charge in [-0.25, -0.2) is 19.2 Å². The lowest BCUT2D eigenvalue weighted by Gasteiger charge is -1.99. The Bertz CT molecular complexity index is 250. The van der Waals surface area contributed by atoms with Crippen molar-refractivity contribution in [3.63, 3.8) is 0 Å². The molecule has 74 valence electrons. The highest BCUT2D eigenvalue weighted by atomic mass is 35.6. The van der Waals surface area contributed by atoms with Crippen LogP contribution >= 0.6 is 10.0 Å². The van der Waals surface area contributed by atoms with Gasteiger partial charge in [0, 0.05) is 7.05 Å². The van der Waals surface area contributed by atoms with E-state index < -0.39 is 14.3 Å². The molecule has 0 saturated carbocycles. The Hall–Kier alpha value is 0.322. The van der Waals surface area contributed by atoms with Crippen molar-refractivity contribution in [1.82, 2.24) is 9.13 Å². The standard InChI is InChI=1S/C8H14N2.Al.2ClH.H/c1-3-4-5-10-7-6-9(2)8-10;;;;/h6-7H,3-5H2,1-2H3;;2*1H;/q2*+1;;;/p-2. The zero-order chi connectivity index (χ0) is 8.97. The van der Waals surface area contributed by atoms with Crippen molar-refractivity contribution >= 4 is 29.0 Å². The van der Waals surface area contributed by atoms with Crippen molar-refractivity contribution in [1.29, 1.82) is 0 Å². The predicted molar refractivity (Wildman–Crippen MR) is 55.4 cm³/mol. The minimum absolute atomic E-state index is 0. The molecule has 0 bridgehead atoms. The third-order valence-corrected chi connectivity index (χ3v) is 3.94. The SMILES string of the molecule is CCCCn1ccn(C)[c+]1[AlH][Cl].[Cl-]. The van der Waals surface area contributed by atoms with E-state index >= 15 is 0 Å². The number of nitrogens with zero attached hydrogens (tertiary/aromatic N) is 2. The molecule has 0 unspecified atom stereocenters. The molecule has 0 N–H and O–H groups in total. The number of hydrogen-bond donors (Lipinski definition) is 0. The maximum absolute atomic E-state index is 5.95. The second-order valence-electron chi connectivity index (χ2n) is 3.01. The first-order valence-corrected chi connectivity index (χ1v) is 7.23. The molecular weight excluding hydrogens is 222 g/mol. The summed E-state index contributed by atoms with van der Waals surface area (Å²) in [6.07, 6.45) is 6.69. The number of imidazole rings is 1. The molecule has 1 rings (SSSR count). The summed E-state index contributed by atoms with van der Waals surface area (Å²) in [5.41, 5.74) is 0. The van der Waals surface area contributed by atoms with Gasteiger partial charge in [-0.15, -0.1) is 0 Å². The topological polar surface area (TPSA) is 9.86 Å². The van der Waals surface area contributed by atoms with Gasteiger partial charge in [0.2, 0.25) is 0 Å². The maximum atomic E-state index is 5.95. The van der Waals surface area contributed by atoms with E-state index in [4.69, 9.17) is 10.0 Å². The molecule has 5 heteroatoms.